The molecule has 3 heterocycles. The van der Waals surface area contributed by atoms with E-state index in [1.165, 1.54) is 106 Å². The van der Waals surface area contributed by atoms with Crippen LogP contribution >= 0.6 is 22.7 Å². The quantitative estimate of drug-likeness (QED) is 0.113. The molecule has 2 unspecified atom stereocenters. The van der Waals surface area contributed by atoms with Crippen LogP contribution < -0.4 is 0 Å². The van der Waals surface area contributed by atoms with E-state index in [1.807, 2.05) is 22.7 Å². The zero-order valence-electron chi connectivity index (χ0n) is 37.8. The van der Waals surface area contributed by atoms with Crippen LogP contribution in [0.2, 0.25) is 0 Å². The van der Waals surface area contributed by atoms with Crippen LogP contribution in [0.4, 0.5) is 0 Å². The normalized spacial score (nSPS) is 14.4. The van der Waals surface area contributed by atoms with Crippen LogP contribution in [-0.4, -0.2) is 16.1 Å². The van der Waals surface area contributed by atoms with Crippen LogP contribution in [0.15, 0.2) is 186 Å². The molecule has 0 N–H and O–H groups in total. The first-order valence-electron chi connectivity index (χ1n) is 23.6. The fraction of sp³-hybridized carbons (Fsp3) is 0.129. The van der Waals surface area contributed by atoms with Gasteiger partial charge in [-0.05, 0) is 111 Å². The van der Waals surface area contributed by atoms with E-state index in [0.717, 1.165) is 41.9 Å². The molecule has 1 aliphatic rings. The predicted octanol–water partition coefficient (Wildman–Crippen LogP) is 17.8. The molecular weight excluding hydrogens is 851 g/mol. The molecule has 0 aliphatic heterocycles. The number of rotatable bonds is 7. The third-order valence-corrected chi connectivity index (χ3v) is 16.9. The van der Waals surface area contributed by atoms with Crippen LogP contribution in [0.25, 0.3) is 96.1 Å². The topological polar surface area (TPSA) is 29.6 Å². The molecule has 1 aliphatic carbocycles. The van der Waals surface area contributed by atoms with Gasteiger partial charge in [0.1, 0.15) is 0 Å². The van der Waals surface area contributed by atoms with Gasteiger partial charge in [0.25, 0.3) is 0 Å². The minimum absolute atomic E-state index is 0.109. The van der Waals surface area contributed by atoms with Crippen molar-refractivity contribution in [3.05, 3.63) is 203 Å². The SMILES string of the molecule is CCC(C)C(N=C(N=C(C)c1cc(-n2c3ccccc3c3cc4ccccc4cc32)c2sc3c4ccccc4ccc3c2c1)c1cccc2sc3c(c12)C=CCC3)c1cccc2ccccc12. The molecular formula is C62H47N3S2. The maximum Gasteiger partial charge on any atom is 0.156 e. The summed E-state index contributed by atoms with van der Waals surface area (Å²) in [6.07, 6.45) is 7.80. The van der Waals surface area contributed by atoms with Crippen molar-refractivity contribution < 1.29 is 0 Å². The Balaban J connectivity index is 1.11. The Morgan fingerprint density at radius 3 is 2.16 bits per heavy atom. The molecule has 5 heteroatoms. The molecule has 9 aromatic carbocycles. The van der Waals surface area contributed by atoms with Gasteiger partial charge in [-0.3, -0.25) is 4.99 Å². The second-order valence-electron chi connectivity index (χ2n) is 18.3. The van der Waals surface area contributed by atoms with Crippen molar-refractivity contribution >= 4 is 125 Å². The molecule has 67 heavy (non-hydrogen) atoms. The van der Waals surface area contributed by atoms with Gasteiger partial charge in [0.2, 0.25) is 0 Å². The number of nitrogens with zero attached hydrogens (tertiary/aromatic N) is 3. The van der Waals surface area contributed by atoms with E-state index in [0.29, 0.717) is 0 Å². The summed E-state index contributed by atoms with van der Waals surface area (Å²) in [6.45, 7) is 6.83. The van der Waals surface area contributed by atoms with E-state index in [4.69, 9.17) is 9.98 Å². The van der Waals surface area contributed by atoms with Crippen LogP contribution in [0.3, 0.4) is 0 Å². The Hall–Kier alpha value is -7.18. The molecule has 12 aromatic rings. The summed E-state index contributed by atoms with van der Waals surface area (Å²) in [7, 11) is 0. The highest BCUT2D eigenvalue weighted by molar-refractivity contribution is 7.27. The zero-order valence-corrected chi connectivity index (χ0v) is 39.4. The van der Waals surface area contributed by atoms with Crippen molar-refractivity contribution in [3.63, 3.8) is 0 Å². The average Bonchev–Trinajstić information content (AvgIpc) is 4.06. The molecule has 13 rings (SSSR count). The highest BCUT2D eigenvalue weighted by Crippen LogP contribution is 2.45. The number of amidine groups is 1. The van der Waals surface area contributed by atoms with Crippen LogP contribution in [0, 0.1) is 5.92 Å². The molecule has 322 valence electrons. The van der Waals surface area contributed by atoms with E-state index in [1.54, 1.807) is 0 Å². The van der Waals surface area contributed by atoms with Gasteiger partial charge in [-0.15, -0.1) is 22.7 Å². The molecule has 0 saturated carbocycles. The minimum atomic E-state index is -0.109. The Bertz CT molecular complexity index is 4070. The number of benzene rings is 9. The number of fused-ring (bicyclic) bond motifs is 13. The average molecular weight is 898 g/mol. The van der Waals surface area contributed by atoms with Gasteiger partial charge in [-0.2, -0.15) is 0 Å². The first kappa shape index (κ1) is 40.1. The Morgan fingerprint density at radius 1 is 0.612 bits per heavy atom. The molecule has 3 nitrogen and oxygen atoms in total. The Morgan fingerprint density at radius 2 is 1.33 bits per heavy atom. The molecule has 0 bridgehead atoms. The zero-order chi connectivity index (χ0) is 44.8. The molecule has 2 atom stereocenters. The van der Waals surface area contributed by atoms with Crippen molar-refractivity contribution in [1.82, 2.24) is 4.57 Å². The van der Waals surface area contributed by atoms with Gasteiger partial charge in [0.15, 0.2) is 5.84 Å². The van der Waals surface area contributed by atoms with Crippen LogP contribution in [0.5, 0.6) is 0 Å². The number of hydrogen-bond donors (Lipinski definition) is 0. The summed E-state index contributed by atoms with van der Waals surface area (Å²) in [5, 5.41) is 13.8. The van der Waals surface area contributed by atoms with Crippen molar-refractivity contribution in [2.24, 2.45) is 15.9 Å². The van der Waals surface area contributed by atoms with Gasteiger partial charge in [-0.1, -0.05) is 166 Å². The van der Waals surface area contributed by atoms with Crippen molar-refractivity contribution in [3.8, 4) is 5.69 Å². The lowest BCUT2D eigenvalue weighted by molar-refractivity contribution is 0.461. The highest BCUT2D eigenvalue weighted by atomic mass is 32.1. The largest absolute Gasteiger partial charge is 0.308 e. The minimum Gasteiger partial charge on any atom is -0.308 e. The number of allylic oxidation sites excluding steroid dienone is 1. The first-order chi connectivity index (χ1) is 33.0. The second-order valence-corrected chi connectivity index (χ2v) is 20.5. The van der Waals surface area contributed by atoms with Gasteiger partial charge in [0, 0.05) is 52.5 Å². The molecule has 0 spiro atoms. The number of aromatic nitrogens is 1. The standard InChI is InChI=1S/C62H47N3S2/c1-4-37(2)59(47-26-15-21-39-17-7-9-22-44(39)47)64-62(50-27-16-30-57-58(50)49-25-12-14-29-56(49)66-57)63-38(3)43-34-52-48-32-31-40-18-8-10-23-45(40)60(48)67-61(52)55(36-43)65-53-28-13-11-24-46(53)51-33-41-19-5-6-20-42(41)35-54(51)65/h5-13,15-28,30-37,59H,4,14,29H2,1-3H3. The van der Waals surface area contributed by atoms with Gasteiger partial charge < -0.3 is 4.57 Å². The molecule has 0 fully saturated rings. The number of para-hydroxylation sites is 1. The van der Waals surface area contributed by atoms with E-state index in [9.17, 15) is 0 Å². The van der Waals surface area contributed by atoms with Gasteiger partial charge in [-0.25, -0.2) is 4.99 Å². The van der Waals surface area contributed by atoms with Gasteiger partial charge in [0.05, 0.1) is 27.5 Å². The van der Waals surface area contributed by atoms with E-state index >= 15 is 0 Å². The van der Waals surface area contributed by atoms with Crippen LogP contribution in [-0.2, 0) is 6.42 Å². The van der Waals surface area contributed by atoms with Crippen molar-refractivity contribution in [2.45, 2.75) is 46.1 Å². The van der Waals surface area contributed by atoms with Gasteiger partial charge >= 0.3 is 0 Å². The number of thiophene rings is 2. The van der Waals surface area contributed by atoms with E-state index in [2.05, 4.69) is 207 Å². The third kappa shape index (κ3) is 6.51. The maximum absolute atomic E-state index is 5.91. The Labute approximate surface area is 397 Å². The number of aryl methyl sites for hydroxylation is 1. The fourth-order valence-electron chi connectivity index (χ4n) is 10.8. The highest BCUT2D eigenvalue weighted by Gasteiger charge is 2.25. The summed E-state index contributed by atoms with van der Waals surface area (Å²) < 4.78 is 6.39. The molecule has 0 radical (unpaired) electrons. The third-order valence-electron chi connectivity index (χ3n) is 14.4. The fourth-order valence-corrected chi connectivity index (χ4v) is 13.4. The second kappa shape index (κ2) is 16.0. The molecule has 0 amide bonds. The van der Waals surface area contributed by atoms with Crippen LogP contribution in [0.1, 0.15) is 66.8 Å². The summed E-state index contributed by atoms with van der Waals surface area (Å²) in [4.78, 5) is 13.2. The van der Waals surface area contributed by atoms with E-state index in [-0.39, 0.29) is 12.0 Å². The lowest BCUT2D eigenvalue weighted by Gasteiger charge is -2.23. The van der Waals surface area contributed by atoms with Crippen molar-refractivity contribution in [1.29, 1.82) is 0 Å². The lowest BCUT2D eigenvalue weighted by Crippen LogP contribution is -2.13. The smallest absolute Gasteiger partial charge is 0.156 e. The summed E-state index contributed by atoms with van der Waals surface area (Å²) in [5.74, 6) is 1.06. The Kier molecular flexibility index (Phi) is 9.59. The monoisotopic (exact) mass is 897 g/mol. The number of aliphatic imine (C=N–C) groups is 2. The lowest BCUT2D eigenvalue weighted by atomic mass is 9.89. The maximum atomic E-state index is 5.91. The summed E-state index contributed by atoms with van der Waals surface area (Å²) in [6, 6.07) is 62.7. The summed E-state index contributed by atoms with van der Waals surface area (Å²) >= 11 is 3.83. The predicted molar refractivity (Wildman–Crippen MR) is 293 cm³/mol. The molecule has 0 saturated heterocycles. The first-order valence-corrected chi connectivity index (χ1v) is 25.3. The summed E-state index contributed by atoms with van der Waals surface area (Å²) in [5.41, 5.74) is 9.25. The number of hydrogen-bond acceptors (Lipinski definition) is 3. The van der Waals surface area contributed by atoms with Crippen molar-refractivity contribution in [2.75, 3.05) is 0 Å². The van der Waals surface area contributed by atoms with E-state index < -0.39 is 0 Å². The molecule has 3 aromatic heterocycles.